The van der Waals surface area contributed by atoms with Crippen molar-refractivity contribution < 1.29 is 14.3 Å². The average molecular weight is 336 g/mol. The molecular weight excluding hydrogens is 320 g/mol. The molecule has 2 unspecified atom stereocenters. The Labute approximate surface area is 143 Å². The molecule has 0 bridgehead atoms. The Balaban J connectivity index is 1.51. The van der Waals surface area contributed by atoms with E-state index in [4.69, 9.17) is 4.42 Å². The molecule has 2 amide bonds. The van der Waals surface area contributed by atoms with Crippen molar-refractivity contribution in [3.8, 4) is 0 Å². The van der Waals surface area contributed by atoms with E-state index >= 15 is 0 Å². The normalized spacial score (nSPS) is 18.8. The third-order valence-electron chi connectivity index (χ3n) is 4.37. The van der Waals surface area contributed by atoms with Gasteiger partial charge in [-0.2, -0.15) is 0 Å². The first-order valence-electron chi connectivity index (χ1n) is 7.97. The molecule has 3 N–H and O–H groups in total. The zero-order chi connectivity index (χ0) is 17.4. The third-order valence-corrected chi connectivity index (χ3v) is 4.37. The maximum atomic E-state index is 12.3. The molecule has 0 saturated heterocycles. The SMILES string of the molecule is O=C(Nc1ccc2oc(=O)ccc2c1)NC1c2ccccc2CC1O. The van der Waals surface area contributed by atoms with Gasteiger partial charge in [-0.25, -0.2) is 9.59 Å². The van der Waals surface area contributed by atoms with Crippen molar-refractivity contribution in [2.75, 3.05) is 5.32 Å². The van der Waals surface area contributed by atoms with Crippen molar-refractivity contribution in [2.24, 2.45) is 0 Å². The highest BCUT2D eigenvalue weighted by Gasteiger charge is 2.31. The maximum Gasteiger partial charge on any atom is 0.336 e. The first-order valence-corrected chi connectivity index (χ1v) is 7.97. The molecule has 0 spiro atoms. The largest absolute Gasteiger partial charge is 0.423 e. The van der Waals surface area contributed by atoms with Gasteiger partial charge in [-0.15, -0.1) is 0 Å². The molecule has 1 aliphatic carbocycles. The summed E-state index contributed by atoms with van der Waals surface area (Å²) in [7, 11) is 0. The van der Waals surface area contributed by atoms with Crippen LogP contribution >= 0.6 is 0 Å². The number of amides is 2. The summed E-state index contributed by atoms with van der Waals surface area (Å²) in [6.07, 6.45) is -0.120. The van der Waals surface area contributed by atoms with Crippen molar-refractivity contribution in [3.63, 3.8) is 0 Å². The number of aliphatic hydroxyl groups excluding tert-OH is 1. The molecule has 0 radical (unpaired) electrons. The van der Waals surface area contributed by atoms with Gasteiger partial charge < -0.3 is 20.2 Å². The lowest BCUT2D eigenvalue weighted by atomic mass is 10.1. The smallest absolute Gasteiger partial charge is 0.336 e. The number of urea groups is 1. The molecule has 25 heavy (non-hydrogen) atoms. The lowest BCUT2D eigenvalue weighted by Crippen LogP contribution is -2.36. The van der Waals surface area contributed by atoms with E-state index in [-0.39, 0.29) is 0 Å². The highest BCUT2D eigenvalue weighted by atomic mass is 16.4. The van der Waals surface area contributed by atoms with Crippen molar-refractivity contribution >= 4 is 22.7 Å². The van der Waals surface area contributed by atoms with Crippen LogP contribution < -0.4 is 16.3 Å². The number of anilines is 1. The minimum absolute atomic E-state index is 0.405. The fourth-order valence-electron chi connectivity index (χ4n) is 3.21. The molecule has 2 atom stereocenters. The predicted molar refractivity (Wildman–Crippen MR) is 93.5 cm³/mol. The van der Waals surface area contributed by atoms with Crippen molar-refractivity contribution in [1.29, 1.82) is 0 Å². The number of nitrogens with one attached hydrogen (secondary N) is 2. The van der Waals surface area contributed by atoms with Crippen LogP contribution in [0.1, 0.15) is 17.2 Å². The number of carbonyl (C=O) groups excluding carboxylic acids is 1. The summed E-state index contributed by atoms with van der Waals surface area (Å²) in [6, 6.07) is 14.8. The summed E-state index contributed by atoms with van der Waals surface area (Å²) in [6.45, 7) is 0. The van der Waals surface area contributed by atoms with E-state index in [0.717, 1.165) is 11.1 Å². The Hall–Kier alpha value is -3.12. The summed E-state index contributed by atoms with van der Waals surface area (Å²) in [5, 5.41) is 16.5. The van der Waals surface area contributed by atoms with E-state index in [1.165, 1.54) is 6.07 Å². The van der Waals surface area contributed by atoms with E-state index in [1.54, 1.807) is 24.3 Å². The molecule has 3 aromatic rings. The second kappa shape index (κ2) is 6.07. The van der Waals surface area contributed by atoms with E-state index < -0.39 is 23.8 Å². The van der Waals surface area contributed by atoms with Crippen LogP contribution in [-0.4, -0.2) is 17.2 Å². The number of hydrogen-bond donors (Lipinski definition) is 3. The second-order valence-electron chi connectivity index (χ2n) is 6.05. The predicted octanol–water partition coefficient (Wildman–Crippen LogP) is 2.57. The molecule has 1 aliphatic rings. The molecule has 0 aliphatic heterocycles. The van der Waals surface area contributed by atoms with Crippen molar-refractivity contribution in [1.82, 2.24) is 5.32 Å². The number of carbonyl (C=O) groups is 1. The van der Waals surface area contributed by atoms with Crippen LogP contribution in [0.2, 0.25) is 0 Å². The fraction of sp³-hybridized carbons (Fsp3) is 0.158. The number of aliphatic hydroxyl groups is 1. The Kier molecular flexibility index (Phi) is 3.74. The van der Waals surface area contributed by atoms with E-state index in [2.05, 4.69) is 10.6 Å². The van der Waals surface area contributed by atoms with Gasteiger partial charge in [0, 0.05) is 23.6 Å². The standard InChI is InChI=1S/C19H16N2O4/c22-15-10-11-3-1-2-4-14(11)18(15)21-19(24)20-13-6-7-16-12(9-13)5-8-17(23)25-16/h1-9,15,18,22H,10H2,(H2,20,21,24). The average Bonchev–Trinajstić information content (AvgIpc) is 2.91. The van der Waals surface area contributed by atoms with Crippen LogP contribution in [-0.2, 0) is 6.42 Å². The van der Waals surface area contributed by atoms with Gasteiger partial charge in [0.15, 0.2) is 0 Å². The topological polar surface area (TPSA) is 91.6 Å². The molecule has 126 valence electrons. The Morgan fingerprint density at radius 3 is 2.84 bits per heavy atom. The highest BCUT2D eigenvalue weighted by molar-refractivity contribution is 5.92. The second-order valence-corrected chi connectivity index (χ2v) is 6.05. The Morgan fingerprint density at radius 1 is 1.12 bits per heavy atom. The minimum Gasteiger partial charge on any atom is -0.423 e. The highest BCUT2D eigenvalue weighted by Crippen LogP contribution is 2.31. The van der Waals surface area contributed by atoms with Gasteiger partial charge in [0.05, 0.1) is 12.1 Å². The van der Waals surface area contributed by atoms with Gasteiger partial charge >= 0.3 is 11.7 Å². The molecule has 6 nitrogen and oxygen atoms in total. The summed E-state index contributed by atoms with van der Waals surface area (Å²) in [4.78, 5) is 23.5. The summed E-state index contributed by atoms with van der Waals surface area (Å²) in [5.74, 6) is 0. The summed E-state index contributed by atoms with van der Waals surface area (Å²) < 4.78 is 5.07. The number of fused-ring (bicyclic) bond motifs is 2. The lowest BCUT2D eigenvalue weighted by molar-refractivity contribution is 0.144. The molecule has 1 heterocycles. The Bertz CT molecular complexity index is 1010. The van der Waals surface area contributed by atoms with E-state index in [0.29, 0.717) is 23.1 Å². The van der Waals surface area contributed by atoms with Gasteiger partial charge in [-0.05, 0) is 35.4 Å². The summed E-state index contributed by atoms with van der Waals surface area (Å²) >= 11 is 0. The van der Waals surface area contributed by atoms with Gasteiger partial charge in [-0.1, -0.05) is 24.3 Å². The molecular formula is C19H16N2O4. The number of benzene rings is 2. The summed E-state index contributed by atoms with van der Waals surface area (Å²) in [5.41, 5.74) is 2.59. The first kappa shape index (κ1) is 15.4. The van der Waals surface area contributed by atoms with Gasteiger partial charge in [0.25, 0.3) is 0 Å². The van der Waals surface area contributed by atoms with Crippen LogP contribution in [0.5, 0.6) is 0 Å². The quantitative estimate of drug-likeness (QED) is 0.627. The number of hydrogen-bond acceptors (Lipinski definition) is 4. The molecule has 2 aromatic carbocycles. The molecule has 0 saturated carbocycles. The lowest BCUT2D eigenvalue weighted by Gasteiger charge is -2.18. The van der Waals surface area contributed by atoms with E-state index in [9.17, 15) is 14.7 Å². The maximum absolute atomic E-state index is 12.3. The van der Waals surface area contributed by atoms with Crippen molar-refractivity contribution in [2.45, 2.75) is 18.6 Å². The molecule has 0 fully saturated rings. The van der Waals surface area contributed by atoms with Gasteiger partial charge in [0.1, 0.15) is 5.58 Å². The third kappa shape index (κ3) is 2.99. The van der Waals surface area contributed by atoms with Crippen LogP contribution in [0.15, 0.2) is 63.8 Å². The molecule has 4 rings (SSSR count). The molecule has 1 aromatic heterocycles. The van der Waals surface area contributed by atoms with E-state index in [1.807, 2.05) is 24.3 Å². The van der Waals surface area contributed by atoms with Crippen LogP contribution in [0.25, 0.3) is 11.0 Å². The molecule has 6 heteroatoms. The van der Waals surface area contributed by atoms with Crippen LogP contribution in [0.3, 0.4) is 0 Å². The van der Waals surface area contributed by atoms with Gasteiger partial charge in [-0.3, -0.25) is 0 Å². The zero-order valence-corrected chi connectivity index (χ0v) is 13.2. The van der Waals surface area contributed by atoms with Crippen LogP contribution in [0, 0.1) is 0 Å². The van der Waals surface area contributed by atoms with Crippen LogP contribution in [0.4, 0.5) is 10.5 Å². The zero-order valence-electron chi connectivity index (χ0n) is 13.2. The minimum atomic E-state index is -0.644. The Morgan fingerprint density at radius 2 is 1.96 bits per heavy atom. The first-order chi connectivity index (χ1) is 12.1. The monoisotopic (exact) mass is 336 g/mol. The fourth-order valence-corrected chi connectivity index (χ4v) is 3.21. The van der Waals surface area contributed by atoms with Gasteiger partial charge in [0.2, 0.25) is 0 Å². The number of rotatable bonds is 2. The van der Waals surface area contributed by atoms with Crippen molar-refractivity contribution in [3.05, 3.63) is 76.1 Å².